The van der Waals surface area contributed by atoms with Crippen LogP contribution < -0.4 is 5.43 Å². The summed E-state index contributed by atoms with van der Waals surface area (Å²) in [6.45, 7) is 4.16. The van der Waals surface area contributed by atoms with E-state index >= 15 is 0 Å². The van der Waals surface area contributed by atoms with E-state index in [1.165, 1.54) is 0 Å². The maximum Gasteiger partial charge on any atom is 0.259 e. The number of fused-ring (bicyclic) bond motifs is 1. The van der Waals surface area contributed by atoms with Crippen molar-refractivity contribution in [1.29, 1.82) is 0 Å². The minimum Gasteiger partial charge on any atom is -0.347 e. The normalized spacial score (nSPS) is 15.3. The second-order valence-electron chi connectivity index (χ2n) is 5.67. The number of rotatable bonds is 2. The van der Waals surface area contributed by atoms with E-state index in [-0.39, 0.29) is 16.9 Å². The molecule has 3 rings (SSSR count). The quantitative estimate of drug-likeness (QED) is 0.852. The largest absolute Gasteiger partial charge is 0.347 e. The molecule has 1 fully saturated rings. The zero-order valence-electron chi connectivity index (χ0n) is 12.6. The molecule has 1 amide bonds. The Morgan fingerprint density at radius 1 is 1.23 bits per heavy atom. The van der Waals surface area contributed by atoms with Gasteiger partial charge in [0.05, 0.1) is 5.52 Å². The van der Waals surface area contributed by atoms with Gasteiger partial charge in [-0.15, -0.1) is 0 Å². The van der Waals surface area contributed by atoms with Gasteiger partial charge in [0.15, 0.2) is 0 Å². The summed E-state index contributed by atoms with van der Waals surface area (Å²) in [6, 6.07) is 5.25. The van der Waals surface area contributed by atoms with E-state index < -0.39 is 0 Å². The summed E-state index contributed by atoms with van der Waals surface area (Å²) < 4.78 is 1.93. The van der Waals surface area contributed by atoms with Gasteiger partial charge in [-0.25, -0.2) is 0 Å². The Labute approximate surface area is 134 Å². The van der Waals surface area contributed by atoms with E-state index in [0.717, 1.165) is 37.9 Å². The van der Waals surface area contributed by atoms with Crippen molar-refractivity contribution < 1.29 is 4.79 Å². The molecule has 1 aromatic heterocycles. The maximum absolute atomic E-state index is 12.7. The Hall–Kier alpha value is -1.81. The van der Waals surface area contributed by atoms with Crippen LogP contribution in [0.3, 0.4) is 0 Å². The third kappa shape index (κ3) is 2.63. The highest BCUT2D eigenvalue weighted by atomic mass is 35.5. The number of piperidine rings is 1. The van der Waals surface area contributed by atoms with Crippen molar-refractivity contribution in [3.63, 3.8) is 0 Å². The number of hydrogen-bond acceptors (Lipinski definition) is 2. The van der Waals surface area contributed by atoms with E-state index in [2.05, 4.69) is 0 Å². The van der Waals surface area contributed by atoms with Crippen LogP contribution in [0.1, 0.15) is 36.5 Å². The molecule has 4 nitrogen and oxygen atoms in total. The van der Waals surface area contributed by atoms with Crippen molar-refractivity contribution in [2.45, 2.75) is 32.7 Å². The maximum atomic E-state index is 12.7. The monoisotopic (exact) mass is 318 g/mol. The van der Waals surface area contributed by atoms with Crippen LogP contribution in [0.2, 0.25) is 5.02 Å². The van der Waals surface area contributed by atoms with E-state index in [4.69, 9.17) is 11.6 Å². The van der Waals surface area contributed by atoms with Crippen molar-refractivity contribution in [1.82, 2.24) is 9.47 Å². The molecular weight excluding hydrogens is 300 g/mol. The smallest absolute Gasteiger partial charge is 0.259 e. The molecular formula is C17H19ClN2O2. The zero-order valence-corrected chi connectivity index (χ0v) is 13.4. The second kappa shape index (κ2) is 6.13. The van der Waals surface area contributed by atoms with Crippen LogP contribution in [-0.2, 0) is 6.54 Å². The van der Waals surface area contributed by atoms with Crippen molar-refractivity contribution in [2.75, 3.05) is 13.1 Å². The molecule has 0 bridgehead atoms. The summed E-state index contributed by atoms with van der Waals surface area (Å²) in [5.74, 6) is -0.159. The van der Waals surface area contributed by atoms with E-state index in [0.29, 0.717) is 17.0 Å². The van der Waals surface area contributed by atoms with Crippen LogP contribution >= 0.6 is 11.6 Å². The average molecular weight is 319 g/mol. The standard InChI is InChI=1S/C17H19ClN2O2/c1-2-19-11-14(17(22)20-8-4-3-5-9-20)16(21)13-10-12(18)6-7-15(13)19/h6-7,10-11H,2-5,8-9H2,1H3. The lowest BCUT2D eigenvalue weighted by Gasteiger charge is -2.26. The Morgan fingerprint density at radius 3 is 2.64 bits per heavy atom. The first kappa shape index (κ1) is 15.1. The van der Waals surface area contributed by atoms with Crippen LogP contribution in [0.4, 0.5) is 0 Å². The lowest BCUT2D eigenvalue weighted by molar-refractivity contribution is 0.0722. The molecule has 1 aliphatic heterocycles. The van der Waals surface area contributed by atoms with Crippen molar-refractivity contribution in [2.24, 2.45) is 0 Å². The highest BCUT2D eigenvalue weighted by Gasteiger charge is 2.22. The number of carbonyl (C=O) groups is 1. The number of hydrogen-bond donors (Lipinski definition) is 0. The minimum atomic E-state index is -0.224. The fraction of sp³-hybridized carbons (Fsp3) is 0.412. The van der Waals surface area contributed by atoms with Gasteiger partial charge >= 0.3 is 0 Å². The van der Waals surface area contributed by atoms with Gasteiger partial charge < -0.3 is 9.47 Å². The number of likely N-dealkylation sites (tertiary alicyclic amines) is 1. The Bertz CT molecular complexity index is 776. The molecule has 1 aromatic carbocycles. The lowest BCUT2D eigenvalue weighted by atomic mass is 10.1. The van der Waals surface area contributed by atoms with Crippen LogP contribution in [0.25, 0.3) is 10.9 Å². The van der Waals surface area contributed by atoms with Gasteiger partial charge in [-0.1, -0.05) is 11.6 Å². The summed E-state index contributed by atoms with van der Waals surface area (Å²) in [7, 11) is 0. The number of aromatic nitrogens is 1. The minimum absolute atomic E-state index is 0.159. The number of aryl methyl sites for hydroxylation is 1. The predicted molar refractivity (Wildman–Crippen MR) is 88.6 cm³/mol. The van der Waals surface area contributed by atoms with Gasteiger partial charge in [-0.05, 0) is 44.4 Å². The molecule has 0 atom stereocenters. The van der Waals surface area contributed by atoms with Crippen LogP contribution in [0.5, 0.6) is 0 Å². The highest BCUT2D eigenvalue weighted by molar-refractivity contribution is 6.31. The first-order valence-corrected chi connectivity index (χ1v) is 8.11. The van der Waals surface area contributed by atoms with Crippen molar-refractivity contribution in [3.05, 3.63) is 45.2 Å². The van der Waals surface area contributed by atoms with Gasteiger partial charge in [0, 0.05) is 36.2 Å². The van der Waals surface area contributed by atoms with Gasteiger partial charge in [0.25, 0.3) is 5.91 Å². The molecule has 0 radical (unpaired) electrons. The predicted octanol–water partition coefficient (Wildman–Crippen LogP) is 3.30. The summed E-state index contributed by atoms with van der Waals surface area (Å²) >= 11 is 6.02. The first-order chi connectivity index (χ1) is 10.6. The number of halogens is 1. The molecule has 1 aliphatic rings. The molecule has 1 saturated heterocycles. The lowest BCUT2D eigenvalue weighted by Crippen LogP contribution is -2.38. The van der Waals surface area contributed by atoms with Crippen LogP contribution in [0, 0.1) is 0 Å². The summed E-state index contributed by atoms with van der Waals surface area (Å²) in [6.07, 6.45) is 4.85. The number of carbonyl (C=O) groups excluding carboxylic acids is 1. The van der Waals surface area contributed by atoms with E-state index in [1.54, 1.807) is 23.2 Å². The molecule has 0 N–H and O–H groups in total. The topological polar surface area (TPSA) is 42.3 Å². The highest BCUT2D eigenvalue weighted by Crippen LogP contribution is 2.19. The molecule has 2 aromatic rings. The van der Waals surface area contributed by atoms with Gasteiger partial charge in [-0.2, -0.15) is 0 Å². The van der Waals surface area contributed by atoms with Crippen molar-refractivity contribution in [3.8, 4) is 0 Å². The number of nitrogens with zero attached hydrogens (tertiary/aromatic N) is 2. The molecule has 5 heteroatoms. The van der Waals surface area contributed by atoms with E-state index in [9.17, 15) is 9.59 Å². The number of pyridine rings is 1. The third-order valence-corrected chi connectivity index (χ3v) is 4.49. The van der Waals surface area contributed by atoms with Crippen molar-refractivity contribution >= 4 is 28.4 Å². The summed E-state index contributed by atoms with van der Waals surface area (Å²) in [5, 5.41) is 1.02. The van der Waals surface area contributed by atoms with Gasteiger partial charge in [0.1, 0.15) is 5.56 Å². The molecule has 116 valence electrons. The molecule has 0 spiro atoms. The molecule has 0 saturated carbocycles. The molecule has 0 aliphatic carbocycles. The van der Waals surface area contributed by atoms with E-state index in [1.807, 2.05) is 17.6 Å². The number of benzene rings is 1. The number of amides is 1. The zero-order chi connectivity index (χ0) is 15.7. The summed E-state index contributed by atoms with van der Waals surface area (Å²) in [5.41, 5.74) is 0.836. The van der Waals surface area contributed by atoms with Crippen LogP contribution in [0.15, 0.2) is 29.2 Å². The van der Waals surface area contributed by atoms with Gasteiger partial charge in [0.2, 0.25) is 5.43 Å². The fourth-order valence-electron chi connectivity index (χ4n) is 3.05. The summed E-state index contributed by atoms with van der Waals surface area (Å²) in [4.78, 5) is 27.2. The molecule has 0 unspecified atom stereocenters. The SMILES string of the molecule is CCn1cc(C(=O)N2CCCCC2)c(=O)c2cc(Cl)ccc21. The molecule has 22 heavy (non-hydrogen) atoms. The Balaban J connectivity index is 2.15. The van der Waals surface area contributed by atoms with Gasteiger partial charge in [-0.3, -0.25) is 9.59 Å². The third-order valence-electron chi connectivity index (χ3n) is 4.26. The second-order valence-corrected chi connectivity index (χ2v) is 6.11. The fourth-order valence-corrected chi connectivity index (χ4v) is 3.22. The Kier molecular flexibility index (Phi) is 4.21. The first-order valence-electron chi connectivity index (χ1n) is 7.74. The average Bonchev–Trinajstić information content (AvgIpc) is 2.56. The Morgan fingerprint density at radius 2 is 1.95 bits per heavy atom. The molecule has 2 heterocycles. The van der Waals surface area contributed by atoms with Crippen LogP contribution in [-0.4, -0.2) is 28.5 Å².